The summed E-state index contributed by atoms with van der Waals surface area (Å²) < 4.78 is 3.22. The Labute approximate surface area is 156 Å². The van der Waals surface area contributed by atoms with E-state index in [1.54, 1.807) is 29.4 Å². The Balaban J connectivity index is 1.56. The normalized spacial score (nSPS) is 17.4. The van der Waals surface area contributed by atoms with Gasteiger partial charge in [-0.05, 0) is 43.5 Å². The quantitative estimate of drug-likeness (QED) is 0.728. The molecule has 0 spiro atoms. The number of fused-ring (bicyclic) bond motifs is 1. The number of imidazole rings is 1. The molecule has 0 radical (unpaired) electrons. The van der Waals surface area contributed by atoms with Crippen LogP contribution in [0.4, 0.5) is 10.5 Å². The van der Waals surface area contributed by atoms with Gasteiger partial charge in [-0.15, -0.1) is 0 Å². The van der Waals surface area contributed by atoms with Crippen LogP contribution in [0.15, 0.2) is 29.2 Å². The molecular weight excluding hydrogens is 344 g/mol. The molecule has 4 rings (SSSR count). The van der Waals surface area contributed by atoms with Gasteiger partial charge in [-0.3, -0.25) is 14.2 Å². The maximum absolute atomic E-state index is 12.8. The maximum Gasteiger partial charge on any atom is 0.328 e. The average molecular weight is 368 g/mol. The highest BCUT2D eigenvalue weighted by molar-refractivity contribution is 5.93. The first-order valence-corrected chi connectivity index (χ1v) is 9.17. The number of urea groups is 1. The predicted octanol–water partition coefficient (Wildman–Crippen LogP) is 2.32. The lowest BCUT2D eigenvalue weighted by molar-refractivity contribution is 0.192. The molecule has 1 saturated heterocycles. The molecule has 1 fully saturated rings. The molecule has 8 nitrogen and oxygen atoms in total. The Morgan fingerprint density at radius 2 is 2.00 bits per heavy atom. The zero-order chi connectivity index (χ0) is 19.1. The lowest BCUT2D eigenvalue weighted by atomic mass is 9.95. The number of amides is 2. The van der Waals surface area contributed by atoms with E-state index >= 15 is 0 Å². The zero-order valence-corrected chi connectivity index (χ0v) is 15.8. The van der Waals surface area contributed by atoms with Crippen LogP contribution < -0.4 is 11.0 Å². The number of carbonyl (C=O) groups is 1. The van der Waals surface area contributed by atoms with E-state index in [2.05, 4.69) is 15.5 Å². The molecule has 1 aliphatic rings. The van der Waals surface area contributed by atoms with Gasteiger partial charge in [0.1, 0.15) is 0 Å². The van der Waals surface area contributed by atoms with Crippen molar-refractivity contribution in [2.75, 3.05) is 18.4 Å². The molecule has 0 aliphatic carbocycles. The molecule has 27 heavy (non-hydrogen) atoms. The van der Waals surface area contributed by atoms with E-state index in [0.29, 0.717) is 6.54 Å². The number of rotatable bonds is 2. The third-order valence-corrected chi connectivity index (χ3v) is 5.53. The van der Waals surface area contributed by atoms with Crippen molar-refractivity contribution < 1.29 is 4.79 Å². The summed E-state index contributed by atoms with van der Waals surface area (Å²) in [5.41, 5.74) is 4.32. The standard InChI is InChI=1S/C19H24N6O2/c1-12-9-16-17(24(3)19(27)23(16)2)10-15(12)21-18(26)25-8-4-5-13(11-25)14-6-7-20-22-14/h6-7,9-10,13H,4-5,8,11H2,1-3H3,(H,20,22)(H,21,26)/t13-/m1/s1. The van der Waals surface area contributed by atoms with Crippen molar-refractivity contribution in [2.24, 2.45) is 14.1 Å². The molecule has 1 aromatic carbocycles. The second-order valence-corrected chi connectivity index (χ2v) is 7.28. The SMILES string of the molecule is Cc1cc2c(cc1NC(=O)N1CCC[C@@H](c3ccn[nH]3)C1)n(C)c(=O)n2C. The number of carbonyl (C=O) groups excluding carboxylic acids is 1. The molecule has 142 valence electrons. The fourth-order valence-corrected chi connectivity index (χ4v) is 3.89. The molecule has 2 amide bonds. The topological polar surface area (TPSA) is 88.0 Å². The van der Waals surface area contributed by atoms with E-state index in [1.807, 2.05) is 30.0 Å². The molecule has 2 aromatic heterocycles. The van der Waals surface area contributed by atoms with E-state index < -0.39 is 0 Å². The van der Waals surface area contributed by atoms with Crippen LogP contribution in [0.25, 0.3) is 11.0 Å². The zero-order valence-electron chi connectivity index (χ0n) is 15.8. The molecule has 1 atom stereocenters. The number of piperidine rings is 1. The Hall–Kier alpha value is -3.03. The molecular formula is C19H24N6O2. The van der Waals surface area contributed by atoms with Crippen molar-refractivity contribution in [1.82, 2.24) is 24.2 Å². The van der Waals surface area contributed by atoms with Crippen molar-refractivity contribution in [2.45, 2.75) is 25.7 Å². The van der Waals surface area contributed by atoms with Gasteiger partial charge in [0.15, 0.2) is 0 Å². The highest BCUT2D eigenvalue weighted by atomic mass is 16.2. The minimum Gasteiger partial charge on any atom is -0.324 e. The van der Waals surface area contributed by atoms with Gasteiger partial charge in [0.25, 0.3) is 0 Å². The summed E-state index contributed by atoms with van der Waals surface area (Å²) in [5, 5.41) is 10.1. The number of benzene rings is 1. The molecule has 8 heteroatoms. The molecule has 3 heterocycles. The van der Waals surface area contributed by atoms with Gasteiger partial charge in [-0.1, -0.05) is 0 Å². The maximum atomic E-state index is 12.8. The molecule has 1 aliphatic heterocycles. The van der Waals surface area contributed by atoms with Crippen LogP contribution >= 0.6 is 0 Å². The lowest BCUT2D eigenvalue weighted by Gasteiger charge is -2.32. The Kier molecular flexibility index (Phi) is 4.25. The van der Waals surface area contributed by atoms with E-state index in [0.717, 1.165) is 47.4 Å². The Morgan fingerprint density at radius 1 is 1.26 bits per heavy atom. The third-order valence-electron chi connectivity index (χ3n) is 5.53. The number of hydrogen-bond donors (Lipinski definition) is 2. The molecule has 0 saturated carbocycles. The largest absolute Gasteiger partial charge is 0.328 e. The van der Waals surface area contributed by atoms with Crippen LogP contribution in [-0.2, 0) is 14.1 Å². The first-order valence-electron chi connectivity index (χ1n) is 9.17. The Bertz CT molecular complexity index is 1050. The van der Waals surface area contributed by atoms with Gasteiger partial charge in [-0.25, -0.2) is 9.59 Å². The minimum absolute atomic E-state index is 0.0775. The Morgan fingerprint density at radius 3 is 2.70 bits per heavy atom. The number of aromatic nitrogens is 4. The number of aryl methyl sites for hydroxylation is 3. The van der Waals surface area contributed by atoms with Crippen molar-refractivity contribution in [3.63, 3.8) is 0 Å². The van der Waals surface area contributed by atoms with Gasteiger partial charge in [0.05, 0.1) is 11.0 Å². The number of nitrogens with zero attached hydrogens (tertiary/aromatic N) is 4. The van der Waals surface area contributed by atoms with Gasteiger partial charge in [0, 0.05) is 50.7 Å². The number of aromatic amines is 1. The predicted molar refractivity (Wildman–Crippen MR) is 104 cm³/mol. The van der Waals surface area contributed by atoms with Crippen LogP contribution in [0.2, 0.25) is 0 Å². The number of likely N-dealkylation sites (tertiary alicyclic amines) is 1. The van der Waals surface area contributed by atoms with E-state index in [1.165, 1.54) is 0 Å². The molecule has 2 N–H and O–H groups in total. The molecule has 0 bridgehead atoms. The van der Waals surface area contributed by atoms with Crippen molar-refractivity contribution in [3.8, 4) is 0 Å². The van der Waals surface area contributed by atoms with Crippen LogP contribution in [0.5, 0.6) is 0 Å². The summed E-state index contributed by atoms with van der Waals surface area (Å²) in [4.78, 5) is 26.8. The fourth-order valence-electron chi connectivity index (χ4n) is 3.89. The average Bonchev–Trinajstić information content (AvgIpc) is 3.28. The summed E-state index contributed by atoms with van der Waals surface area (Å²) in [6.45, 7) is 3.34. The van der Waals surface area contributed by atoms with Crippen LogP contribution in [0.3, 0.4) is 0 Å². The second kappa shape index (κ2) is 6.61. The van der Waals surface area contributed by atoms with Crippen molar-refractivity contribution >= 4 is 22.8 Å². The minimum atomic E-state index is -0.109. The highest BCUT2D eigenvalue weighted by Crippen LogP contribution is 2.27. The van der Waals surface area contributed by atoms with Gasteiger partial charge >= 0.3 is 11.7 Å². The summed E-state index contributed by atoms with van der Waals surface area (Å²) in [7, 11) is 3.50. The second-order valence-electron chi connectivity index (χ2n) is 7.28. The number of anilines is 1. The summed E-state index contributed by atoms with van der Waals surface area (Å²) in [6.07, 6.45) is 3.75. The van der Waals surface area contributed by atoms with Crippen LogP contribution in [-0.4, -0.2) is 43.4 Å². The highest BCUT2D eigenvalue weighted by Gasteiger charge is 2.26. The number of nitrogens with one attached hydrogen (secondary N) is 2. The van der Waals surface area contributed by atoms with Crippen molar-refractivity contribution in [3.05, 3.63) is 46.1 Å². The monoisotopic (exact) mass is 368 g/mol. The number of H-pyrrole nitrogens is 1. The molecule has 3 aromatic rings. The van der Waals surface area contributed by atoms with E-state index in [4.69, 9.17) is 0 Å². The van der Waals surface area contributed by atoms with Gasteiger partial charge in [-0.2, -0.15) is 5.10 Å². The summed E-state index contributed by atoms with van der Waals surface area (Å²) in [6, 6.07) is 5.68. The van der Waals surface area contributed by atoms with Crippen molar-refractivity contribution in [1.29, 1.82) is 0 Å². The van der Waals surface area contributed by atoms with E-state index in [9.17, 15) is 9.59 Å². The number of hydrogen-bond acceptors (Lipinski definition) is 3. The van der Waals surface area contributed by atoms with Crippen LogP contribution in [0, 0.1) is 6.92 Å². The fraction of sp³-hybridized carbons (Fsp3) is 0.421. The third kappa shape index (κ3) is 3.01. The van der Waals surface area contributed by atoms with Crippen LogP contribution in [0.1, 0.15) is 30.0 Å². The van der Waals surface area contributed by atoms with Gasteiger partial charge < -0.3 is 10.2 Å². The summed E-state index contributed by atoms with van der Waals surface area (Å²) >= 11 is 0. The first kappa shape index (κ1) is 17.4. The first-order chi connectivity index (χ1) is 13.0. The van der Waals surface area contributed by atoms with E-state index in [-0.39, 0.29) is 17.6 Å². The smallest absolute Gasteiger partial charge is 0.324 e. The lowest BCUT2D eigenvalue weighted by Crippen LogP contribution is -2.41. The van der Waals surface area contributed by atoms with Gasteiger partial charge in [0.2, 0.25) is 0 Å². The molecule has 0 unspecified atom stereocenters. The summed E-state index contributed by atoms with van der Waals surface area (Å²) in [5.74, 6) is 0.283.